The second-order valence-electron chi connectivity index (χ2n) is 7.13. The Morgan fingerprint density at radius 2 is 1.71 bits per heavy atom. The summed E-state index contributed by atoms with van der Waals surface area (Å²) in [4.78, 5) is 29.3. The number of amides is 1. The lowest BCUT2D eigenvalue weighted by Crippen LogP contribution is -2.27. The molecule has 1 amide bonds. The van der Waals surface area contributed by atoms with Crippen molar-refractivity contribution >= 4 is 27.5 Å². The average molecular weight is 479 g/mol. The van der Waals surface area contributed by atoms with Gasteiger partial charge in [0.05, 0.1) is 5.56 Å². The van der Waals surface area contributed by atoms with Gasteiger partial charge in [-0.1, -0.05) is 39.3 Å². The summed E-state index contributed by atoms with van der Waals surface area (Å²) in [5, 5.41) is 6.90. The van der Waals surface area contributed by atoms with E-state index in [4.69, 9.17) is 4.52 Å². The minimum atomic E-state index is -0.298. The molecule has 0 bridgehead atoms. The van der Waals surface area contributed by atoms with E-state index in [1.807, 2.05) is 56.3 Å². The summed E-state index contributed by atoms with van der Waals surface area (Å²) in [7, 11) is 0. The van der Waals surface area contributed by atoms with Gasteiger partial charge in [-0.25, -0.2) is 0 Å². The molecule has 7 nitrogen and oxygen atoms in total. The van der Waals surface area contributed by atoms with Crippen LogP contribution in [-0.4, -0.2) is 20.6 Å². The molecular weight excluding hydrogens is 460 g/mol. The first-order valence-electron chi connectivity index (χ1n) is 9.57. The minimum absolute atomic E-state index is 0.131. The minimum Gasteiger partial charge on any atom is -0.334 e. The first-order valence-corrected chi connectivity index (χ1v) is 10.4. The van der Waals surface area contributed by atoms with E-state index < -0.39 is 0 Å². The Hall–Kier alpha value is -3.52. The third kappa shape index (κ3) is 4.64. The third-order valence-corrected chi connectivity index (χ3v) is 5.35. The summed E-state index contributed by atoms with van der Waals surface area (Å²) in [5.74, 6) is 0.410. The van der Waals surface area contributed by atoms with Crippen molar-refractivity contribution in [3.8, 4) is 22.8 Å². The number of hydrogen-bond acceptors (Lipinski definition) is 5. The molecule has 31 heavy (non-hydrogen) atoms. The summed E-state index contributed by atoms with van der Waals surface area (Å²) in [5.41, 5.74) is 3.73. The maximum absolute atomic E-state index is 12.6. The molecule has 4 aromatic rings. The van der Waals surface area contributed by atoms with Gasteiger partial charge >= 0.3 is 0 Å². The number of aryl methyl sites for hydroxylation is 2. The van der Waals surface area contributed by atoms with Crippen molar-refractivity contribution < 1.29 is 9.32 Å². The highest BCUT2D eigenvalue weighted by Gasteiger charge is 2.14. The zero-order chi connectivity index (χ0) is 22.0. The number of anilines is 1. The molecule has 0 unspecified atom stereocenters. The summed E-state index contributed by atoms with van der Waals surface area (Å²) in [6, 6.07) is 16.3. The second kappa shape index (κ2) is 8.69. The highest BCUT2D eigenvalue weighted by Crippen LogP contribution is 2.23. The Balaban J connectivity index is 1.56. The fraction of sp³-hybridized carbons (Fsp3) is 0.130. The van der Waals surface area contributed by atoms with Crippen LogP contribution in [0.15, 0.2) is 74.6 Å². The van der Waals surface area contributed by atoms with Crippen molar-refractivity contribution in [1.82, 2.24) is 14.7 Å². The van der Waals surface area contributed by atoms with Gasteiger partial charge in [-0.05, 0) is 55.3 Å². The van der Waals surface area contributed by atoms with Crippen LogP contribution in [0.25, 0.3) is 22.8 Å². The summed E-state index contributed by atoms with van der Waals surface area (Å²) in [6.45, 7) is 3.72. The summed E-state index contributed by atoms with van der Waals surface area (Å²) in [6.07, 6.45) is 1.55. The number of benzene rings is 2. The Bertz CT molecular complexity index is 1290. The van der Waals surface area contributed by atoms with E-state index in [9.17, 15) is 9.59 Å². The van der Waals surface area contributed by atoms with E-state index in [2.05, 4.69) is 31.4 Å². The van der Waals surface area contributed by atoms with E-state index in [-0.39, 0.29) is 23.9 Å². The molecule has 4 rings (SSSR count). The second-order valence-corrected chi connectivity index (χ2v) is 8.04. The smallest absolute Gasteiger partial charge is 0.259 e. The van der Waals surface area contributed by atoms with Crippen LogP contribution in [0, 0.1) is 13.8 Å². The van der Waals surface area contributed by atoms with Crippen molar-refractivity contribution in [2.24, 2.45) is 0 Å². The number of carbonyl (C=O) groups excluding carboxylic acids is 1. The van der Waals surface area contributed by atoms with Crippen LogP contribution in [-0.2, 0) is 11.3 Å². The van der Waals surface area contributed by atoms with E-state index in [1.165, 1.54) is 10.6 Å². The zero-order valence-corrected chi connectivity index (χ0v) is 18.5. The number of nitrogens with zero attached hydrogens (tertiary/aromatic N) is 3. The lowest BCUT2D eigenvalue weighted by atomic mass is 10.1. The normalized spacial score (nSPS) is 10.8. The molecule has 1 N–H and O–H groups in total. The number of aromatic nitrogens is 3. The molecule has 0 atom stereocenters. The van der Waals surface area contributed by atoms with Crippen molar-refractivity contribution in [2.45, 2.75) is 20.4 Å². The molecule has 0 aliphatic carbocycles. The quantitative estimate of drug-likeness (QED) is 0.453. The number of hydrogen-bond donors (Lipinski definition) is 1. The lowest BCUT2D eigenvalue weighted by molar-refractivity contribution is -0.116. The van der Waals surface area contributed by atoms with Crippen LogP contribution in [0.5, 0.6) is 0 Å². The first-order chi connectivity index (χ1) is 14.9. The highest BCUT2D eigenvalue weighted by molar-refractivity contribution is 9.10. The standard InChI is InChI=1S/C23H19BrN4O3/c1-14-4-3-5-15(2)21(14)25-19(29)13-28-12-17(8-11-20(28)30)23-26-22(27-31-23)16-6-9-18(24)10-7-16/h3-12H,13H2,1-2H3,(H,25,29). The number of para-hydroxylation sites is 1. The molecule has 0 aliphatic rings. The van der Waals surface area contributed by atoms with Crippen LogP contribution in [0.2, 0.25) is 0 Å². The molecule has 8 heteroatoms. The molecule has 2 aromatic heterocycles. The molecule has 0 fully saturated rings. The van der Waals surface area contributed by atoms with Gasteiger partial charge < -0.3 is 14.4 Å². The van der Waals surface area contributed by atoms with Crippen molar-refractivity contribution in [3.05, 3.63) is 86.7 Å². The SMILES string of the molecule is Cc1cccc(C)c1NC(=O)Cn1cc(-c2nc(-c3ccc(Br)cc3)no2)ccc1=O. The number of rotatable bonds is 5. The van der Waals surface area contributed by atoms with E-state index in [0.717, 1.165) is 26.9 Å². The predicted molar refractivity (Wildman–Crippen MR) is 122 cm³/mol. The van der Waals surface area contributed by atoms with Crippen LogP contribution in [0.3, 0.4) is 0 Å². The van der Waals surface area contributed by atoms with Crippen molar-refractivity contribution in [3.63, 3.8) is 0 Å². The Morgan fingerprint density at radius 1 is 1.03 bits per heavy atom. The fourth-order valence-electron chi connectivity index (χ4n) is 3.18. The Morgan fingerprint density at radius 3 is 2.42 bits per heavy atom. The van der Waals surface area contributed by atoms with Crippen LogP contribution in [0.4, 0.5) is 5.69 Å². The van der Waals surface area contributed by atoms with Crippen LogP contribution < -0.4 is 10.9 Å². The molecular formula is C23H19BrN4O3. The van der Waals surface area contributed by atoms with Gasteiger partial charge in [-0.3, -0.25) is 9.59 Å². The topological polar surface area (TPSA) is 90.0 Å². The molecule has 0 radical (unpaired) electrons. The maximum atomic E-state index is 12.6. The Labute approximate surface area is 186 Å². The molecule has 2 aromatic carbocycles. The molecule has 2 heterocycles. The van der Waals surface area contributed by atoms with Gasteiger partial charge in [-0.15, -0.1) is 0 Å². The number of halogens is 1. The van der Waals surface area contributed by atoms with E-state index >= 15 is 0 Å². The van der Waals surface area contributed by atoms with Gasteiger partial charge in [0.2, 0.25) is 11.7 Å². The lowest BCUT2D eigenvalue weighted by Gasteiger charge is -2.12. The summed E-state index contributed by atoms with van der Waals surface area (Å²) >= 11 is 3.39. The van der Waals surface area contributed by atoms with Crippen molar-refractivity contribution in [2.75, 3.05) is 5.32 Å². The predicted octanol–water partition coefficient (Wildman–Crippen LogP) is 4.58. The fourth-order valence-corrected chi connectivity index (χ4v) is 3.45. The monoisotopic (exact) mass is 478 g/mol. The number of pyridine rings is 1. The Kier molecular flexibility index (Phi) is 5.81. The first kappa shape index (κ1) is 20.7. The van der Waals surface area contributed by atoms with E-state index in [1.54, 1.807) is 12.3 Å². The molecule has 0 aliphatic heterocycles. The average Bonchev–Trinajstić information content (AvgIpc) is 3.23. The van der Waals surface area contributed by atoms with Gasteiger partial charge in [0.25, 0.3) is 11.4 Å². The molecule has 0 saturated heterocycles. The molecule has 156 valence electrons. The zero-order valence-electron chi connectivity index (χ0n) is 16.9. The van der Waals surface area contributed by atoms with Crippen LogP contribution in [0.1, 0.15) is 11.1 Å². The van der Waals surface area contributed by atoms with Crippen molar-refractivity contribution in [1.29, 1.82) is 0 Å². The maximum Gasteiger partial charge on any atom is 0.259 e. The molecule has 0 saturated carbocycles. The molecule has 0 spiro atoms. The highest BCUT2D eigenvalue weighted by atomic mass is 79.9. The van der Waals surface area contributed by atoms with Crippen LogP contribution >= 0.6 is 15.9 Å². The number of nitrogens with one attached hydrogen (secondary N) is 1. The van der Waals surface area contributed by atoms with Gasteiger partial charge in [0.1, 0.15) is 6.54 Å². The van der Waals surface area contributed by atoms with Gasteiger partial charge in [0.15, 0.2) is 0 Å². The third-order valence-electron chi connectivity index (χ3n) is 4.82. The largest absolute Gasteiger partial charge is 0.334 e. The van der Waals surface area contributed by atoms with E-state index in [0.29, 0.717) is 11.4 Å². The van der Waals surface area contributed by atoms with Gasteiger partial charge in [0, 0.05) is 28.0 Å². The number of carbonyl (C=O) groups is 1. The summed E-state index contributed by atoms with van der Waals surface area (Å²) < 4.78 is 7.64. The van der Waals surface area contributed by atoms with Gasteiger partial charge in [-0.2, -0.15) is 4.98 Å².